The van der Waals surface area contributed by atoms with Gasteiger partial charge in [0.2, 0.25) is 5.91 Å². The van der Waals surface area contributed by atoms with Crippen LogP contribution in [0.1, 0.15) is 16.9 Å². The number of thiophene rings is 1. The van der Waals surface area contributed by atoms with Gasteiger partial charge >= 0.3 is 0 Å². The molecule has 17 heavy (non-hydrogen) atoms. The first-order chi connectivity index (χ1) is 8.24. The molecule has 1 saturated heterocycles. The maximum Gasteiger partial charge on any atom is 0.228 e. The molecule has 3 nitrogen and oxygen atoms in total. The molecule has 0 spiro atoms. The molecule has 0 saturated carbocycles. The van der Waals surface area contributed by atoms with Crippen molar-refractivity contribution in [1.29, 1.82) is 0 Å². The quantitative estimate of drug-likeness (QED) is 0.785. The van der Waals surface area contributed by atoms with Crippen molar-refractivity contribution in [2.75, 3.05) is 19.8 Å². The summed E-state index contributed by atoms with van der Waals surface area (Å²) in [6, 6.07) is 1.99. The number of amides is 1. The van der Waals surface area contributed by atoms with Gasteiger partial charge in [-0.3, -0.25) is 4.79 Å². The van der Waals surface area contributed by atoms with Gasteiger partial charge < -0.3 is 9.64 Å². The Morgan fingerprint density at radius 1 is 1.59 bits per heavy atom. The van der Waals surface area contributed by atoms with Crippen LogP contribution in [0.3, 0.4) is 0 Å². The van der Waals surface area contributed by atoms with Crippen LogP contribution >= 0.6 is 22.9 Å². The fraction of sp³-hybridized carbons (Fsp3) is 0.583. The molecule has 1 aromatic heterocycles. The average Bonchev–Trinajstić information content (AvgIpc) is 2.94. The van der Waals surface area contributed by atoms with Gasteiger partial charge in [0.1, 0.15) is 0 Å². The minimum absolute atomic E-state index is 0.0747. The zero-order valence-corrected chi connectivity index (χ0v) is 11.0. The monoisotopic (exact) mass is 271 g/mol. The van der Waals surface area contributed by atoms with Crippen LogP contribution in [0, 0.1) is 5.92 Å². The third-order valence-corrected chi connectivity index (χ3v) is 4.79. The van der Waals surface area contributed by atoms with Gasteiger partial charge in [0.15, 0.2) is 0 Å². The zero-order valence-electron chi connectivity index (χ0n) is 9.45. The topological polar surface area (TPSA) is 29.5 Å². The smallest absolute Gasteiger partial charge is 0.228 e. The molecule has 92 valence electrons. The molecule has 0 aliphatic carbocycles. The van der Waals surface area contributed by atoms with E-state index in [9.17, 15) is 4.79 Å². The number of nitrogens with zero attached hydrogens (tertiary/aromatic N) is 1. The van der Waals surface area contributed by atoms with Crippen molar-refractivity contribution in [2.24, 2.45) is 5.92 Å². The Bertz CT molecular complexity index is 440. The number of carbonyl (C=O) groups is 1. The van der Waals surface area contributed by atoms with Crippen molar-refractivity contribution in [3.05, 3.63) is 20.8 Å². The summed E-state index contributed by atoms with van der Waals surface area (Å²) in [6.45, 7) is 2.85. The van der Waals surface area contributed by atoms with E-state index in [4.69, 9.17) is 16.3 Å². The summed E-state index contributed by atoms with van der Waals surface area (Å²) in [6.07, 6.45) is 1.80. The highest BCUT2D eigenvalue weighted by molar-refractivity contribution is 7.16. The van der Waals surface area contributed by atoms with Crippen molar-refractivity contribution in [3.63, 3.8) is 0 Å². The summed E-state index contributed by atoms with van der Waals surface area (Å²) in [5.74, 6) is 0.320. The predicted molar refractivity (Wildman–Crippen MR) is 67.4 cm³/mol. The largest absolute Gasteiger partial charge is 0.381 e. The van der Waals surface area contributed by atoms with Crippen molar-refractivity contribution in [2.45, 2.75) is 19.4 Å². The minimum Gasteiger partial charge on any atom is -0.381 e. The summed E-state index contributed by atoms with van der Waals surface area (Å²) >= 11 is 7.64. The number of rotatable bonds is 1. The third-order valence-electron chi connectivity index (χ3n) is 3.43. The lowest BCUT2D eigenvalue weighted by Crippen LogP contribution is -2.39. The van der Waals surface area contributed by atoms with E-state index in [1.54, 1.807) is 11.3 Å². The molecular weight excluding hydrogens is 258 g/mol. The van der Waals surface area contributed by atoms with Gasteiger partial charge in [0, 0.05) is 24.6 Å². The molecule has 3 rings (SSSR count). The Morgan fingerprint density at radius 3 is 3.24 bits per heavy atom. The zero-order chi connectivity index (χ0) is 11.8. The second-order valence-corrected chi connectivity index (χ2v) is 6.34. The van der Waals surface area contributed by atoms with Gasteiger partial charge in [0.25, 0.3) is 0 Å². The Balaban J connectivity index is 1.72. The van der Waals surface area contributed by atoms with E-state index in [0.717, 1.165) is 30.3 Å². The van der Waals surface area contributed by atoms with E-state index in [-0.39, 0.29) is 11.8 Å². The van der Waals surface area contributed by atoms with Gasteiger partial charge in [-0.05, 0) is 24.5 Å². The van der Waals surface area contributed by atoms with Crippen LogP contribution in [0.15, 0.2) is 6.07 Å². The Morgan fingerprint density at radius 2 is 2.47 bits per heavy atom. The van der Waals surface area contributed by atoms with Crippen LogP contribution in [0.4, 0.5) is 0 Å². The highest BCUT2D eigenvalue weighted by Crippen LogP contribution is 2.32. The third kappa shape index (κ3) is 2.21. The fourth-order valence-electron chi connectivity index (χ4n) is 2.47. The van der Waals surface area contributed by atoms with Crippen LogP contribution in [-0.4, -0.2) is 30.6 Å². The van der Waals surface area contributed by atoms with Crippen LogP contribution < -0.4 is 0 Å². The normalized spacial score (nSPS) is 23.8. The molecule has 1 fully saturated rings. The molecule has 0 bridgehead atoms. The Labute approximate surface area is 109 Å². The first-order valence-electron chi connectivity index (χ1n) is 5.87. The first kappa shape index (κ1) is 11.5. The summed E-state index contributed by atoms with van der Waals surface area (Å²) in [5.41, 5.74) is 1.22. The molecule has 1 amide bonds. The number of hydrogen-bond donors (Lipinski definition) is 0. The number of carbonyl (C=O) groups excluding carboxylic acids is 1. The van der Waals surface area contributed by atoms with E-state index in [0.29, 0.717) is 13.2 Å². The fourth-order valence-corrected chi connectivity index (χ4v) is 3.77. The molecule has 1 aromatic rings. The van der Waals surface area contributed by atoms with Crippen LogP contribution in [-0.2, 0) is 22.5 Å². The molecule has 1 atom stereocenters. The molecule has 2 aliphatic rings. The average molecular weight is 272 g/mol. The lowest BCUT2D eigenvalue weighted by molar-refractivity contribution is -0.136. The molecule has 1 unspecified atom stereocenters. The maximum atomic E-state index is 12.2. The maximum absolute atomic E-state index is 12.2. The van der Waals surface area contributed by atoms with Gasteiger partial charge in [-0.1, -0.05) is 11.6 Å². The summed E-state index contributed by atoms with van der Waals surface area (Å²) in [4.78, 5) is 15.5. The molecule has 2 aliphatic heterocycles. The standard InChI is InChI=1S/C12H14ClNO2S/c13-11-5-9-6-14(3-1-10(9)17-11)12(15)8-2-4-16-7-8/h5,8H,1-4,6-7H2. The van der Waals surface area contributed by atoms with Crippen molar-refractivity contribution >= 4 is 28.8 Å². The number of fused-ring (bicyclic) bond motifs is 1. The van der Waals surface area contributed by atoms with Crippen LogP contribution in [0.5, 0.6) is 0 Å². The number of ether oxygens (including phenoxy) is 1. The predicted octanol–water partition coefficient (Wildman–Crippen LogP) is 2.32. The number of hydrogen-bond acceptors (Lipinski definition) is 3. The SMILES string of the molecule is O=C(C1CCOC1)N1CCc2sc(Cl)cc2C1. The van der Waals surface area contributed by atoms with E-state index in [2.05, 4.69) is 0 Å². The molecule has 0 aromatic carbocycles. The summed E-state index contributed by atoms with van der Waals surface area (Å²) < 4.78 is 6.10. The van der Waals surface area contributed by atoms with Gasteiger partial charge in [-0.2, -0.15) is 0 Å². The minimum atomic E-state index is 0.0747. The molecule has 0 N–H and O–H groups in total. The van der Waals surface area contributed by atoms with Crippen molar-refractivity contribution in [3.8, 4) is 0 Å². The number of halogens is 1. The summed E-state index contributed by atoms with van der Waals surface area (Å²) in [5, 5.41) is 0. The lowest BCUT2D eigenvalue weighted by Gasteiger charge is -2.28. The van der Waals surface area contributed by atoms with Crippen molar-refractivity contribution in [1.82, 2.24) is 4.90 Å². The van der Waals surface area contributed by atoms with Gasteiger partial charge in [0.05, 0.1) is 16.9 Å². The van der Waals surface area contributed by atoms with E-state index in [1.165, 1.54) is 10.4 Å². The highest BCUT2D eigenvalue weighted by Gasteiger charge is 2.30. The van der Waals surface area contributed by atoms with Crippen molar-refractivity contribution < 1.29 is 9.53 Å². The molecule has 0 radical (unpaired) electrons. The van der Waals surface area contributed by atoms with Crippen LogP contribution in [0.2, 0.25) is 4.34 Å². The molecule has 3 heterocycles. The highest BCUT2D eigenvalue weighted by atomic mass is 35.5. The second-order valence-electron chi connectivity index (χ2n) is 4.57. The molecule has 5 heteroatoms. The first-order valence-corrected chi connectivity index (χ1v) is 7.07. The lowest BCUT2D eigenvalue weighted by atomic mass is 10.0. The van der Waals surface area contributed by atoms with Gasteiger partial charge in [-0.25, -0.2) is 0 Å². The Kier molecular flexibility index (Phi) is 3.11. The summed E-state index contributed by atoms with van der Waals surface area (Å²) in [7, 11) is 0. The van der Waals surface area contributed by atoms with Crippen LogP contribution in [0.25, 0.3) is 0 Å². The van der Waals surface area contributed by atoms with E-state index >= 15 is 0 Å². The van der Waals surface area contributed by atoms with Gasteiger partial charge in [-0.15, -0.1) is 11.3 Å². The molecular formula is C12H14ClNO2S. The van der Waals surface area contributed by atoms with E-state index in [1.807, 2.05) is 11.0 Å². The Hall–Kier alpha value is -0.580. The van der Waals surface area contributed by atoms with E-state index < -0.39 is 0 Å². The second kappa shape index (κ2) is 4.59.